The van der Waals surface area contributed by atoms with Crippen molar-refractivity contribution >= 4 is 0 Å². The lowest BCUT2D eigenvalue weighted by atomic mass is 10.0. The molecule has 0 amide bonds. The summed E-state index contributed by atoms with van der Waals surface area (Å²) < 4.78 is 20.3. The first-order chi connectivity index (χ1) is 15.0. The first kappa shape index (κ1) is 21.1. The van der Waals surface area contributed by atoms with Gasteiger partial charge in [0.2, 0.25) is 5.88 Å². The van der Waals surface area contributed by atoms with E-state index in [1.54, 1.807) is 30.5 Å². The molecular formula is C23H26FN5O2. The van der Waals surface area contributed by atoms with Gasteiger partial charge in [0.1, 0.15) is 18.0 Å². The molecule has 0 radical (unpaired) electrons. The minimum absolute atomic E-state index is 0.0828. The first-order valence-corrected chi connectivity index (χ1v) is 10.5. The van der Waals surface area contributed by atoms with E-state index in [2.05, 4.69) is 25.7 Å². The van der Waals surface area contributed by atoms with E-state index >= 15 is 0 Å². The van der Waals surface area contributed by atoms with Gasteiger partial charge >= 0.3 is 0 Å². The molecule has 0 bridgehead atoms. The van der Waals surface area contributed by atoms with Gasteiger partial charge in [-0.1, -0.05) is 6.07 Å². The maximum absolute atomic E-state index is 14.5. The quantitative estimate of drug-likeness (QED) is 0.602. The van der Waals surface area contributed by atoms with Crippen LogP contribution in [0.1, 0.15) is 31.4 Å². The van der Waals surface area contributed by atoms with Crippen molar-refractivity contribution in [3.05, 3.63) is 48.3 Å². The summed E-state index contributed by atoms with van der Waals surface area (Å²) in [5, 5.41) is 30.0. The monoisotopic (exact) mass is 423 g/mol. The van der Waals surface area contributed by atoms with Crippen molar-refractivity contribution in [2.45, 2.75) is 50.9 Å². The molecule has 2 unspecified atom stereocenters. The summed E-state index contributed by atoms with van der Waals surface area (Å²) in [7, 11) is 1.89. The van der Waals surface area contributed by atoms with Gasteiger partial charge in [-0.3, -0.25) is 0 Å². The third-order valence-corrected chi connectivity index (χ3v) is 5.66. The summed E-state index contributed by atoms with van der Waals surface area (Å²) >= 11 is 0. The number of aromatic nitrogens is 4. The zero-order valence-corrected chi connectivity index (χ0v) is 17.6. The molecule has 1 fully saturated rings. The molecule has 0 saturated heterocycles. The number of benzene rings is 1. The molecule has 2 heterocycles. The van der Waals surface area contributed by atoms with Crippen LogP contribution in [-0.2, 0) is 0 Å². The van der Waals surface area contributed by atoms with E-state index in [1.807, 2.05) is 26.1 Å². The predicted octanol–water partition coefficient (Wildman–Crippen LogP) is 3.86. The van der Waals surface area contributed by atoms with Gasteiger partial charge in [0.05, 0.1) is 17.6 Å². The highest BCUT2D eigenvalue weighted by Gasteiger charge is 2.29. The number of alkyl halides is 1. The predicted molar refractivity (Wildman–Crippen MR) is 116 cm³/mol. The Morgan fingerprint density at radius 3 is 2.65 bits per heavy atom. The largest absolute Gasteiger partial charge is 0.507 e. The van der Waals surface area contributed by atoms with E-state index in [0.717, 1.165) is 29.7 Å². The van der Waals surface area contributed by atoms with Gasteiger partial charge in [-0.15, -0.1) is 10.2 Å². The van der Waals surface area contributed by atoms with Crippen molar-refractivity contribution in [2.75, 3.05) is 7.05 Å². The highest BCUT2D eigenvalue weighted by atomic mass is 19.1. The Kier molecular flexibility index (Phi) is 6.36. The fourth-order valence-electron chi connectivity index (χ4n) is 3.92. The summed E-state index contributed by atoms with van der Waals surface area (Å²) in [6.45, 7) is 1.86. The lowest BCUT2D eigenvalue weighted by Crippen LogP contribution is -2.35. The molecule has 0 aliphatic heterocycles. The van der Waals surface area contributed by atoms with Crippen molar-refractivity contribution in [3.8, 4) is 34.0 Å². The number of ether oxygens (including phenoxy) is 1. The molecule has 3 aromatic rings. The van der Waals surface area contributed by atoms with E-state index in [9.17, 15) is 9.50 Å². The van der Waals surface area contributed by atoms with E-state index in [4.69, 9.17) is 4.74 Å². The molecule has 1 saturated carbocycles. The second kappa shape index (κ2) is 9.34. The van der Waals surface area contributed by atoms with Crippen LogP contribution in [-0.4, -0.2) is 50.9 Å². The number of phenols is 1. The Bertz CT molecular complexity index is 1030. The zero-order valence-electron chi connectivity index (χ0n) is 17.6. The molecule has 1 aliphatic rings. The van der Waals surface area contributed by atoms with E-state index in [1.165, 1.54) is 0 Å². The van der Waals surface area contributed by atoms with Crippen LogP contribution in [0.15, 0.2) is 42.6 Å². The minimum Gasteiger partial charge on any atom is -0.507 e. The van der Waals surface area contributed by atoms with Gasteiger partial charge in [0.15, 0.2) is 0 Å². The maximum Gasteiger partial charge on any atom is 0.233 e. The average molecular weight is 423 g/mol. The SMILES string of the molecule is CNC1CCCC(F)[C@@H](Oc2ccc(-c3ccc(-c4cnnc(C)c4)cc3O)nn2)C1. The smallest absolute Gasteiger partial charge is 0.233 e. The second-order valence-electron chi connectivity index (χ2n) is 7.90. The number of hydrogen-bond donors (Lipinski definition) is 2. The van der Waals surface area contributed by atoms with Crippen LogP contribution in [0.25, 0.3) is 22.4 Å². The molecule has 7 nitrogen and oxygen atoms in total. The molecular weight excluding hydrogens is 397 g/mol. The molecule has 1 aromatic carbocycles. The Hall–Kier alpha value is -3.13. The third-order valence-electron chi connectivity index (χ3n) is 5.66. The molecule has 3 atom stereocenters. The van der Waals surface area contributed by atoms with Crippen molar-refractivity contribution < 1.29 is 14.2 Å². The molecule has 4 rings (SSSR count). The van der Waals surface area contributed by atoms with Crippen molar-refractivity contribution in [3.63, 3.8) is 0 Å². The van der Waals surface area contributed by atoms with Crippen molar-refractivity contribution in [1.82, 2.24) is 25.7 Å². The van der Waals surface area contributed by atoms with Crippen LogP contribution in [0.3, 0.4) is 0 Å². The molecule has 0 spiro atoms. The second-order valence-corrected chi connectivity index (χ2v) is 7.90. The summed E-state index contributed by atoms with van der Waals surface area (Å²) in [5.41, 5.74) is 3.55. The Labute approximate surface area is 180 Å². The molecule has 2 N–H and O–H groups in total. The molecule has 8 heteroatoms. The van der Waals surface area contributed by atoms with E-state index in [-0.39, 0.29) is 17.7 Å². The van der Waals surface area contributed by atoms with Crippen molar-refractivity contribution in [2.24, 2.45) is 0 Å². The molecule has 2 aromatic heterocycles. The maximum atomic E-state index is 14.5. The summed E-state index contributed by atoms with van der Waals surface area (Å²) in [6, 6.07) is 10.8. The number of phenolic OH excluding ortho intramolecular Hbond substituents is 1. The number of aromatic hydroxyl groups is 1. The number of nitrogens with zero attached hydrogens (tertiary/aromatic N) is 4. The number of halogens is 1. The van der Waals surface area contributed by atoms with Crippen LogP contribution < -0.4 is 10.1 Å². The fourth-order valence-corrected chi connectivity index (χ4v) is 3.92. The Morgan fingerprint density at radius 1 is 1.06 bits per heavy atom. The fraction of sp³-hybridized carbons (Fsp3) is 0.391. The average Bonchev–Trinajstić information content (AvgIpc) is 2.95. The van der Waals surface area contributed by atoms with E-state index in [0.29, 0.717) is 24.1 Å². The van der Waals surface area contributed by atoms with Gasteiger partial charge < -0.3 is 15.2 Å². The van der Waals surface area contributed by atoms with Crippen LogP contribution in [0.5, 0.6) is 11.6 Å². The normalized spacial score (nSPS) is 21.5. The van der Waals surface area contributed by atoms with Crippen LogP contribution in [0, 0.1) is 6.92 Å². The van der Waals surface area contributed by atoms with Gasteiger partial charge in [-0.05, 0) is 63.1 Å². The molecule has 1 aliphatic carbocycles. The highest BCUT2D eigenvalue weighted by Crippen LogP contribution is 2.33. The number of hydrogen-bond acceptors (Lipinski definition) is 7. The zero-order chi connectivity index (χ0) is 21.8. The topological polar surface area (TPSA) is 93.0 Å². The van der Waals surface area contributed by atoms with Gasteiger partial charge in [0, 0.05) is 29.7 Å². The summed E-state index contributed by atoms with van der Waals surface area (Å²) in [4.78, 5) is 0. The minimum atomic E-state index is -1.03. The summed E-state index contributed by atoms with van der Waals surface area (Å²) in [6.07, 6.45) is 2.92. The van der Waals surface area contributed by atoms with Gasteiger partial charge in [-0.2, -0.15) is 10.2 Å². The van der Waals surface area contributed by atoms with Gasteiger partial charge in [-0.25, -0.2) is 4.39 Å². The molecule has 31 heavy (non-hydrogen) atoms. The highest BCUT2D eigenvalue weighted by molar-refractivity contribution is 5.73. The van der Waals surface area contributed by atoms with Crippen LogP contribution >= 0.6 is 0 Å². The molecule has 162 valence electrons. The van der Waals surface area contributed by atoms with Crippen molar-refractivity contribution in [1.29, 1.82) is 0 Å². The van der Waals surface area contributed by atoms with Crippen LogP contribution in [0.2, 0.25) is 0 Å². The van der Waals surface area contributed by atoms with Gasteiger partial charge in [0.25, 0.3) is 0 Å². The number of rotatable bonds is 5. The Morgan fingerprint density at radius 2 is 1.94 bits per heavy atom. The number of nitrogens with one attached hydrogen (secondary N) is 1. The summed E-state index contributed by atoms with van der Waals surface area (Å²) in [5.74, 6) is 0.363. The van der Waals surface area contributed by atoms with E-state index < -0.39 is 12.3 Å². The lowest BCUT2D eigenvalue weighted by Gasteiger charge is -2.22. The van der Waals surface area contributed by atoms with Crippen LogP contribution in [0.4, 0.5) is 4.39 Å². The Balaban J connectivity index is 1.50. The number of aryl methyl sites for hydroxylation is 1. The lowest BCUT2D eigenvalue weighted by molar-refractivity contribution is 0.0837. The third kappa shape index (κ3) is 4.96. The first-order valence-electron chi connectivity index (χ1n) is 10.5. The standard InChI is InChI=1S/C23H26FN5O2/c1-14-10-16(13-26-27-14)15-6-7-18(21(30)11-15)20-8-9-23(29-28-20)31-22-12-17(25-2)4-3-5-19(22)24/h6-11,13,17,19,22,25,30H,3-5,12H2,1-2H3/t17?,19?,22-/m0/s1.